The molecule has 0 saturated carbocycles. The predicted molar refractivity (Wildman–Crippen MR) is 74.7 cm³/mol. The monoisotopic (exact) mass is 355 g/mol. The molecule has 0 spiro atoms. The van der Waals surface area contributed by atoms with E-state index in [1.807, 2.05) is 30.3 Å². The van der Waals surface area contributed by atoms with Crippen molar-refractivity contribution in [3.05, 3.63) is 62.8 Å². The highest BCUT2D eigenvalue weighted by Gasteiger charge is 2.12. The minimum Gasteiger partial charge on any atom is -0.388 e. The van der Waals surface area contributed by atoms with Crippen LogP contribution in [-0.2, 0) is 6.42 Å². The molecule has 0 radical (unpaired) electrons. The van der Waals surface area contributed by atoms with Crippen LogP contribution in [0.1, 0.15) is 17.2 Å². The van der Waals surface area contributed by atoms with E-state index in [9.17, 15) is 5.11 Å². The summed E-state index contributed by atoms with van der Waals surface area (Å²) in [5.74, 6) is 0. The van der Waals surface area contributed by atoms with Crippen LogP contribution in [0.4, 0.5) is 0 Å². The van der Waals surface area contributed by atoms with Crippen LogP contribution in [0.25, 0.3) is 0 Å². The lowest BCUT2D eigenvalue weighted by Gasteiger charge is -2.13. The maximum atomic E-state index is 10.2. The first kappa shape index (κ1) is 12.7. The molecule has 1 aromatic heterocycles. The fraction of sp³-hybridized carbons (Fsp3) is 0.154. The Morgan fingerprint density at radius 2 is 1.82 bits per heavy atom. The second-order valence-electron chi connectivity index (χ2n) is 3.74. The lowest BCUT2D eigenvalue weighted by molar-refractivity contribution is 0.177. The van der Waals surface area contributed by atoms with Crippen molar-refractivity contribution in [2.45, 2.75) is 12.5 Å². The number of hydrogen-bond donors (Lipinski definition) is 1. The van der Waals surface area contributed by atoms with Crippen molar-refractivity contribution in [2.24, 2.45) is 0 Å². The van der Waals surface area contributed by atoms with E-state index in [1.165, 1.54) is 0 Å². The molecule has 0 bridgehead atoms. The molecule has 0 saturated heterocycles. The topological polar surface area (TPSA) is 33.1 Å². The van der Waals surface area contributed by atoms with Crippen molar-refractivity contribution in [3.63, 3.8) is 0 Å². The first-order valence-electron chi connectivity index (χ1n) is 5.19. The molecule has 2 rings (SSSR count). The Hall–Kier alpha value is -0.710. The van der Waals surface area contributed by atoms with Gasteiger partial charge in [0.05, 0.1) is 6.10 Å². The molecule has 1 N–H and O–H groups in total. The normalized spacial score (nSPS) is 12.4. The van der Waals surface area contributed by atoms with Crippen molar-refractivity contribution >= 4 is 31.9 Å². The number of halogens is 2. The van der Waals surface area contributed by atoms with Gasteiger partial charge in [-0.3, -0.25) is 4.98 Å². The molecule has 1 heterocycles. The van der Waals surface area contributed by atoms with Crippen molar-refractivity contribution in [1.29, 1.82) is 0 Å². The summed E-state index contributed by atoms with van der Waals surface area (Å²) in [7, 11) is 0. The summed E-state index contributed by atoms with van der Waals surface area (Å²) in [6.45, 7) is 0. The molecule has 88 valence electrons. The van der Waals surface area contributed by atoms with E-state index >= 15 is 0 Å². The van der Waals surface area contributed by atoms with Crippen LogP contribution < -0.4 is 0 Å². The number of hydrogen-bond acceptors (Lipinski definition) is 2. The molecule has 2 nitrogen and oxygen atoms in total. The first-order chi connectivity index (χ1) is 8.16. The molecule has 0 amide bonds. The van der Waals surface area contributed by atoms with Crippen molar-refractivity contribution in [1.82, 2.24) is 4.98 Å². The zero-order chi connectivity index (χ0) is 12.3. The van der Waals surface area contributed by atoms with Crippen LogP contribution in [0.3, 0.4) is 0 Å². The molecule has 1 unspecified atom stereocenters. The highest BCUT2D eigenvalue weighted by Crippen LogP contribution is 2.28. The lowest BCUT2D eigenvalue weighted by Crippen LogP contribution is -2.02. The van der Waals surface area contributed by atoms with Crippen LogP contribution in [0, 0.1) is 0 Å². The van der Waals surface area contributed by atoms with Gasteiger partial charge >= 0.3 is 0 Å². The molecule has 0 aliphatic carbocycles. The number of aliphatic hydroxyl groups is 1. The molecule has 0 fully saturated rings. The predicted octanol–water partition coefficient (Wildman–Crippen LogP) is 3.88. The van der Waals surface area contributed by atoms with E-state index < -0.39 is 6.10 Å². The second-order valence-corrected chi connectivity index (χ2v) is 5.51. The SMILES string of the molecule is OC(Cc1ccncc1)c1ccc(Br)cc1Br. The Bertz CT molecular complexity index is 502. The van der Waals surface area contributed by atoms with Crippen molar-refractivity contribution in [2.75, 3.05) is 0 Å². The van der Waals surface area contributed by atoms with Gasteiger partial charge in [-0.25, -0.2) is 0 Å². The van der Waals surface area contributed by atoms with Crippen LogP contribution in [0.5, 0.6) is 0 Å². The molecule has 0 aliphatic rings. The highest BCUT2D eigenvalue weighted by atomic mass is 79.9. The van der Waals surface area contributed by atoms with Gasteiger partial charge in [0.1, 0.15) is 0 Å². The third kappa shape index (κ3) is 3.37. The lowest BCUT2D eigenvalue weighted by atomic mass is 10.0. The fourth-order valence-electron chi connectivity index (χ4n) is 1.62. The van der Waals surface area contributed by atoms with Gasteiger partial charge in [-0.2, -0.15) is 0 Å². The molecular weight excluding hydrogens is 346 g/mol. The average molecular weight is 357 g/mol. The van der Waals surface area contributed by atoms with E-state index in [0.29, 0.717) is 6.42 Å². The minimum absolute atomic E-state index is 0.514. The van der Waals surface area contributed by atoms with E-state index in [1.54, 1.807) is 12.4 Å². The maximum Gasteiger partial charge on any atom is 0.0841 e. The molecule has 17 heavy (non-hydrogen) atoms. The van der Waals surface area contributed by atoms with E-state index in [4.69, 9.17) is 0 Å². The summed E-state index contributed by atoms with van der Waals surface area (Å²) in [4.78, 5) is 3.96. The van der Waals surface area contributed by atoms with E-state index in [0.717, 1.165) is 20.1 Å². The molecule has 4 heteroatoms. The van der Waals surface area contributed by atoms with Crippen LogP contribution in [0.2, 0.25) is 0 Å². The van der Waals surface area contributed by atoms with Crippen molar-refractivity contribution < 1.29 is 5.11 Å². The van der Waals surface area contributed by atoms with Gasteiger partial charge in [0.15, 0.2) is 0 Å². The second kappa shape index (κ2) is 5.76. The summed E-state index contributed by atoms with van der Waals surface area (Å²) in [6, 6.07) is 9.60. The number of nitrogens with zero attached hydrogens (tertiary/aromatic N) is 1. The maximum absolute atomic E-state index is 10.2. The number of aromatic nitrogens is 1. The quantitative estimate of drug-likeness (QED) is 0.905. The largest absolute Gasteiger partial charge is 0.388 e. The zero-order valence-corrected chi connectivity index (χ0v) is 12.1. The van der Waals surface area contributed by atoms with Gasteiger partial charge in [0, 0.05) is 27.8 Å². The zero-order valence-electron chi connectivity index (χ0n) is 8.98. The summed E-state index contributed by atoms with van der Waals surface area (Å²) in [5.41, 5.74) is 1.97. The Morgan fingerprint density at radius 1 is 1.12 bits per heavy atom. The van der Waals surface area contributed by atoms with Crippen LogP contribution >= 0.6 is 31.9 Å². The Kier molecular flexibility index (Phi) is 4.31. The highest BCUT2D eigenvalue weighted by molar-refractivity contribution is 9.11. The molecule has 1 aromatic carbocycles. The van der Waals surface area contributed by atoms with Gasteiger partial charge in [0.25, 0.3) is 0 Å². The number of pyridine rings is 1. The van der Waals surface area contributed by atoms with Crippen LogP contribution in [-0.4, -0.2) is 10.1 Å². The summed E-state index contributed by atoms with van der Waals surface area (Å²) in [5, 5.41) is 10.2. The third-order valence-corrected chi connectivity index (χ3v) is 3.68. The Morgan fingerprint density at radius 3 is 2.47 bits per heavy atom. The Labute approximate surface area is 117 Å². The summed E-state index contributed by atoms with van der Waals surface area (Å²) >= 11 is 6.85. The number of rotatable bonds is 3. The first-order valence-corrected chi connectivity index (χ1v) is 6.77. The average Bonchev–Trinajstić information content (AvgIpc) is 2.30. The summed E-state index contributed by atoms with van der Waals surface area (Å²) < 4.78 is 1.90. The van der Waals surface area contributed by atoms with Gasteiger partial charge in [-0.05, 0) is 35.4 Å². The van der Waals surface area contributed by atoms with Gasteiger partial charge < -0.3 is 5.11 Å². The van der Waals surface area contributed by atoms with E-state index in [-0.39, 0.29) is 0 Å². The Balaban J connectivity index is 2.17. The molecule has 1 atom stereocenters. The summed E-state index contributed by atoms with van der Waals surface area (Å²) in [6.07, 6.45) is 3.54. The van der Waals surface area contributed by atoms with Crippen molar-refractivity contribution in [3.8, 4) is 0 Å². The standard InChI is InChI=1S/C13H11Br2NO/c14-10-1-2-11(12(15)8-10)13(17)7-9-3-5-16-6-4-9/h1-6,8,13,17H,7H2. The van der Waals surface area contributed by atoms with Gasteiger partial charge in [-0.1, -0.05) is 37.9 Å². The number of aliphatic hydroxyl groups excluding tert-OH is 1. The van der Waals surface area contributed by atoms with Gasteiger partial charge in [-0.15, -0.1) is 0 Å². The van der Waals surface area contributed by atoms with Gasteiger partial charge in [0.2, 0.25) is 0 Å². The molecular formula is C13H11Br2NO. The molecule has 2 aromatic rings. The molecule has 0 aliphatic heterocycles. The minimum atomic E-state index is -0.514. The van der Waals surface area contributed by atoms with Crippen LogP contribution in [0.15, 0.2) is 51.7 Å². The van der Waals surface area contributed by atoms with E-state index in [2.05, 4.69) is 36.8 Å². The third-order valence-electron chi connectivity index (χ3n) is 2.50. The smallest absolute Gasteiger partial charge is 0.0841 e. The fourth-order valence-corrected chi connectivity index (χ4v) is 2.94. The number of benzene rings is 1.